The molecule has 0 spiro atoms. The average molecular weight is 338 g/mol. The van der Waals surface area contributed by atoms with Crippen LogP contribution in [0, 0.1) is 16.0 Å². The third kappa shape index (κ3) is 2.62. The lowest BCUT2D eigenvalue weighted by molar-refractivity contribution is -0.384. The van der Waals surface area contributed by atoms with Crippen LogP contribution in [0.3, 0.4) is 0 Å². The standard InChI is InChI=1S/C19H18N2O4/c22-18-14-6-4-5-12-9-13(21(24)25)10-15(17(12)14)19(23)16(18)11-20-7-2-1-3-8-20/h4-6,9-10,16H,1-3,7-8,11H2. The van der Waals surface area contributed by atoms with Gasteiger partial charge in [-0.1, -0.05) is 24.6 Å². The van der Waals surface area contributed by atoms with E-state index in [0.29, 0.717) is 28.4 Å². The van der Waals surface area contributed by atoms with Crippen molar-refractivity contribution in [1.29, 1.82) is 0 Å². The topological polar surface area (TPSA) is 80.5 Å². The van der Waals surface area contributed by atoms with Gasteiger partial charge in [-0.15, -0.1) is 0 Å². The minimum atomic E-state index is -0.766. The average Bonchev–Trinajstić information content (AvgIpc) is 2.63. The van der Waals surface area contributed by atoms with E-state index < -0.39 is 10.8 Å². The monoisotopic (exact) mass is 338 g/mol. The van der Waals surface area contributed by atoms with E-state index in [1.165, 1.54) is 18.6 Å². The number of likely N-dealkylation sites (tertiary alicyclic amines) is 1. The molecule has 0 bridgehead atoms. The number of Topliss-reactive ketones (excluding diaryl/α,β-unsaturated/α-hetero) is 2. The molecule has 0 amide bonds. The molecule has 1 fully saturated rings. The number of carbonyl (C=O) groups excluding carboxylic acids is 2. The number of hydrogen-bond acceptors (Lipinski definition) is 5. The van der Waals surface area contributed by atoms with Gasteiger partial charge >= 0.3 is 0 Å². The van der Waals surface area contributed by atoms with Crippen LogP contribution in [0.4, 0.5) is 5.69 Å². The van der Waals surface area contributed by atoms with E-state index in [2.05, 4.69) is 4.90 Å². The Morgan fingerprint density at radius 2 is 1.76 bits per heavy atom. The van der Waals surface area contributed by atoms with Gasteiger partial charge in [0.2, 0.25) is 0 Å². The molecule has 6 heteroatoms. The summed E-state index contributed by atoms with van der Waals surface area (Å²) in [7, 11) is 0. The van der Waals surface area contributed by atoms with Crippen LogP contribution in [0.15, 0.2) is 30.3 Å². The number of nitro groups is 1. The maximum atomic E-state index is 13.0. The Kier molecular flexibility index (Phi) is 3.84. The molecule has 1 saturated heterocycles. The number of hydrogen-bond donors (Lipinski definition) is 0. The molecule has 1 atom stereocenters. The summed E-state index contributed by atoms with van der Waals surface area (Å²) in [6.45, 7) is 2.18. The molecule has 0 saturated carbocycles. The van der Waals surface area contributed by atoms with Crippen molar-refractivity contribution in [3.63, 3.8) is 0 Å². The van der Waals surface area contributed by atoms with Crippen molar-refractivity contribution in [2.45, 2.75) is 19.3 Å². The van der Waals surface area contributed by atoms with E-state index >= 15 is 0 Å². The molecule has 1 aliphatic heterocycles. The minimum absolute atomic E-state index is 0.112. The summed E-state index contributed by atoms with van der Waals surface area (Å²) >= 11 is 0. The number of ketones is 2. The van der Waals surface area contributed by atoms with Crippen molar-refractivity contribution < 1.29 is 14.5 Å². The molecule has 4 rings (SSSR count). The number of benzene rings is 2. The summed E-state index contributed by atoms with van der Waals surface area (Å²) in [6, 6.07) is 7.89. The van der Waals surface area contributed by atoms with Crippen molar-refractivity contribution in [1.82, 2.24) is 4.90 Å². The molecule has 2 aliphatic rings. The van der Waals surface area contributed by atoms with E-state index in [-0.39, 0.29) is 17.3 Å². The van der Waals surface area contributed by atoms with E-state index in [1.807, 2.05) is 0 Å². The number of rotatable bonds is 3. The summed E-state index contributed by atoms with van der Waals surface area (Å²) in [4.78, 5) is 38.8. The minimum Gasteiger partial charge on any atom is -0.302 e. The maximum Gasteiger partial charge on any atom is 0.270 e. The predicted molar refractivity (Wildman–Crippen MR) is 93.0 cm³/mol. The summed E-state index contributed by atoms with van der Waals surface area (Å²) in [6.07, 6.45) is 3.33. The Balaban J connectivity index is 1.81. The predicted octanol–water partition coefficient (Wildman–Crippen LogP) is 3.23. The van der Waals surface area contributed by atoms with E-state index in [4.69, 9.17) is 0 Å². The van der Waals surface area contributed by atoms with Crippen LogP contribution in [-0.2, 0) is 0 Å². The number of non-ortho nitro benzene ring substituents is 1. The first kappa shape index (κ1) is 15.9. The first-order valence-electron chi connectivity index (χ1n) is 8.58. The second kappa shape index (κ2) is 6.04. The van der Waals surface area contributed by atoms with Crippen LogP contribution in [0.25, 0.3) is 10.8 Å². The number of carbonyl (C=O) groups is 2. The van der Waals surface area contributed by atoms with Gasteiger partial charge in [0.15, 0.2) is 11.6 Å². The lowest BCUT2D eigenvalue weighted by Gasteiger charge is -2.31. The highest BCUT2D eigenvalue weighted by atomic mass is 16.6. The molecular weight excluding hydrogens is 320 g/mol. The Hall–Kier alpha value is -2.60. The smallest absolute Gasteiger partial charge is 0.270 e. The zero-order chi connectivity index (χ0) is 17.6. The molecule has 2 aromatic carbocycles. The van der Waals surface area contributed by atoms with Crippen molar-refractivity contribution in [3.05, 3.63) is 51.6 Å². The normalized spacial score (nSPS) is 20.9. The zero-order valence-electron chi connectivity index (χ0n) is 13.7. The second-order valence-electron chi connectivity index (χ2n) is 6.80. The van der Waals surface area contributed by atoms with Crippen LogP contribution in [0.2, 0.25) is 0 Å². The fourth-order valence-corrected chi connectivity index (χ4v) is 3.98. The molecule has 0 radical (unpaired) electrons. The summed E-state index contributed by atoms with van der Waals surface area (Å²) < 4.78 is 0. The van der Waals surface area contributed by atoms with Gasteiger partial charge in [-0.3, -0.25) is 19.7 Å². The van der Waals surface area contributed by atoms with Crippen LogP contribution in [-0.4, -0.2) is 41.0 Å². The maximum absolute atomic E-state index is 13.0. The second-order valence-corrected chi connectivity index (χ2v) is 6.80. The van der Waals surface area contributed by atoms with Crippen LogP contribution in [0.5, 0.6) is 0 Å². The van der Waals surface area contributed by atoms with Gasteiger partial charge in [0, 0.05) is 35.2 Å². The Morgan fingerprint density at radius 3 is 2.48 bits per heavy atom. The SMILES string of the molecule is O=C1c2cccc3cc([N+](=O)[O-])cc(c23)C(=O)C1CN1CCCCC1. The highest BCUT2D eigenvalue weighted by molar-refractivity contribution is 6.29. The van der Waals surface area contributed by atoms with Gasteiger partial charge < -0.3 is 4.90 Å². The molecule has 25 heavy (non-hydrogen) atoms. The van der Waals surface area contributed by atoms with E-state index in [1.54, 1.807) is 18.2 Å². The summed E-state index contributed by atoms with van der Waals surface area (Å²) in [5.74, 6) is -1.22. The highest BCUT2D eigenvalue weighted by Crippen LogP contribution is 2.35. The van der Waals surface area contributed by atoms with Crippen LogP contribution >= 0.6 is 0 Å². The summed E-state index contributed by atoms with van der Waals surface area (Å²) in [5.41, 5.74) is 0.699. The molecule has 2 aromatic rings. The molecule has 6 nitrogen and oxygen atoms in total. The van der Waals surface area contributed by atoms with Crippen LogP contribution in [0.1, 0.15) is 40.0 Å². The molecule has 0 N–H and O–H groups in total. The summed E-state index contributed by atoms with van der Waals surface area (Å²) in [5, 5.41) is 12.3. The number of nitrogens with zero attached hydrogens (tertiary/aromatic N) is 2. The van der Waals surface area contributed by atoms with Gasteiger partial charge in [-0.25, -0.2) is 0 Å². The molecule has 0 aromatic heterocycles. The Morgan fingerprint density at radius 1 is 1.04 bits per heavy atom. The Bertz CT molecular complexity index is 900. The Labute approximate surface area is 144 Å². The van der Waals surface area contributed by atoms with E-state index in [0.717, 1.165) is 25.9 Å². The van der Waals surface area contributed by atoms with Crippen molar-refractivity contribution in [3.8, 4) is 0 Å². The lowest BCUT2D eigenvalue weighted by Crippen LogP contribution is -2.41. The van der Waals surface area contributed by atoms with Gasteiger partial charge in [0.25, 0.3) is 5.69 Å². The van der Waals surface area contributed by atoms with Crippen molar-refractivity contribution >= 4 is 28.0 Å². The highest BCUT2D eigenvalue weighted by Gasteiger charge is 2.38. The number of nitro benzene ring substituents is 1. The number of piperidine rings is 1. The largest absolute Gasteiger partial charge is 0.302 e. The first-order valence-corrected chi connectivity index (χ1v) is 8.58. The molecule has 1 aliphatic carbocycles. The van der Waals surface area contributed by atoms with Crippen molar-refractivity contribution in [2.24, 2.45) is 5.92 Å². The van der Waals surface area contributed by atoms with Gasteiger partial charge in [-0.05, 0) is 31.3 Å². The molecular formula is C19H18N2O4. The van der Waals surface area contributed by atoms with Crippen molar-refractivity contribution in [2.75, 3.05) is 19.6 Å². The quantitative estimate of drug-likeness (QED) is 0.487. The lowest BCUT2D eigenvalue weighted by atomic mass is 9.79. The third-order valence-corrected chi connectivity index (χ3v) is 5.23. The molecule has 1 heterocycles. The van der Waals surface area contributed by atoms with Gasteiger partial charge in [0.1, 0.15) is 0 Å². The third-order valence-electron chi connectivity index (χ3n) is 5.23. The first-order chi connectivity index (χ1) is 12.1. The fourth-order valence-electron chi connectivity index (χ4n) is 3.98. The van der Waals surface area contributed by atoms with E-state index in [9.17, 15) is 19.7 Å². The molecule has 1 unspecified atom stereocenters. The van der Waals surface area contributed by atoms with Crippen LogP contribution < -0.4 is 0 Å². The fraction of sp³-hybridized carbons (Fsp3) is 0.368. The zero-order valence-corrected chi connectivity index (χ0v) is 13.7. The van der Waals surface area contributed by atoms with Gasteiger partial charge in [-0.2, -0.15) is 0 Å². The van der Waals surface area contributed by atoms with Gasteiger partial charge in [0.05, 0.1) is 10.8 Å². The molecule has 128 valence electrons.